The third kappa shape index (κ3) is 4.58. The standard InChI is InChI=1S/C28H20BrNO4/c1-32-25-15-19(13-23(29)26(25)33-17-18-7-3-2-4-8-18)14-24-28(31)34-27(30-24)22-12-11-20-9-5-6-10-21(20)16-22/h2-16H,17H2,1H3/b24-14-. The number of esters is 1. The van der Waals surface area contributed by atoms with E-state index < -0.39 is 5.97 Å². The van der Waals surface area contributed by atoms with Crippen molar-refractivity contribution in [3.05, 3.63) is 112 Å². The highest BCUT2D eigenvalue weighted by Crippen LogP contribution is 2.38. The van der Waals surface area contributed by atoms with E-state index in [2.05, 4.69) is 20.9 Å². The average molecular weight is 514 g/mol. The van der Waals surface area contributed by atoms with Crippen molar-refractivity contribution in [2.75, 3.05) is 7.11 Å². The van der Waals surface area contributed by atoms with Gasteiger partial charge in [-0.05, 0) is 68.2 Å². The zero-order valence-corrected chi connectivity index (χ0v) is 19.9. The van der Waals surface area contributed by atoms with Crippen LogP contribution in [0.3, 0.4) is 0 Å². The minimum absolute atomic E-state index is 0.218. The molecule has 4 aromatic carbocycles. The molecule has 0 saturated carbocycles. The predicted molar refractivity (Wildman–Crippen MR) is 136 cm³/mol. The van der Waals surface area contributed by atoms with Gasteiger partial charge in [0, 0.05) is 5.56 Å². The van der Waals surface area contributed by atoms with Crippen LogP contribution in [0, 0.1) is 0 Å². The van der Waals surface area contributed by atoms with Crippen molar-refractivity contribution in [2.45, 2.75) is 6.61 Å². The fourth-order valence-corrected chi connectivity index (χ4v) is 4.28. The van der Waals surface area contributed by atoms with Gasteiger partial charge in [0.05, 0.1) is 11.6 Å². The Morgan fingerprint density at radius 2 is 1.71 bits per heavy atom. The summed E-state index contributed by atoms with van der Waals surface area (Å²) < 4.78 is 17.7. The Bertz CT molecular complexity index is 1440. The van der Waals surface area contributed by atoms with E-state index in [0.29, 0.717) is 22.6 Å². The van der Waals surface area contributed by atoms with Crippen molar-refractivity contribution in [1.29, 1.82) is 0 Å². The fraction of sp³-hybridized carbons (Fsp3) is 0.0714. The van der Waals surface area contributed by atoms with Gasteiger partial charge in [-0.1, -0.05) is 60.7 Å². The molecule has 0 aliphatic carbocycles. The molecule has 0 unspecified atom stereocenters. The predicted octanol–water partition coefficient (Wildman–Crippen LogP) is 6.53. The molecule has 0 saturated heterocycles. The summed E-state index contributed by atoms with van der Waals surface area (Å²) in [5, 5.41) is 2.16. The molecule has 168 valence electrons. The van der Waals surface area contributed by atoms with Crippen LogP contribution in [0.4, 0.5) is 0 Å². The monoisotopic (exact) mass is 513 g/mol. The lowest BCUT2D eigenvalue weighted by molar-refractivity contribution is -0.129. The second-order valence-electron chi connectivity index (χ2n) is 7.71. The molecule has 0 spiro atoms. The number of nitrogens with zero attached hydrogens (tertiary/aromatic N) is 1. The first kappa shape index (κ1) is 21.9. The first-order valence-electron chi connectivity index (χ1n) is 10.7. The zero-order chi connectivity index (χ0) is 23.5. The second kappa shape index (κ2) is 9.53. The summed E-state index contributed by atoms with van der Waals surface area (Å²) in [6.45, 7) is 0.405. The van der Waals surface area contributed by atoms with Gasteiger partial charge in [-0.25, -0.2) is 9.79 Å². The van der Waals surface area contributed by atoms with Gasteiger partial charge in [-0.3, -0.25) is 0 Å². The number of benzene rings is 4. The molecule has 6 heteroatoms. The molecule has 1 heterocycles. The van der Waals surface area contributed by atoms with Crippen molar-refractivity contribution in [1.82, 2.24) is 0 Å². The van der Waals surface area contributed by atoms with Crippen LogP contribution in [-0.4, -0.2) is 19.0 Å². The molecule has 0 fully saturated rings. The van der Waals surface area contributed by atoms with Crippen molar-refractivity contribution in [2.24, 2.45) is 4.99 Å². The summed E-state index contributed by atoms with van der Waals surface area (Å²) in [6.07, 6.45) is 1.67. The Kier molecular flexibility index (Phi) is 6.14. The number of methoxy groups -OCH3 is 1. The molecule has 0 N–H and O–H groups in total. The van der Waals surface area contributed by atoms with Crippen LogP contribution in [0.1, 0.15) is 16.7 Å². The number of carbonyl (C=O) groups excluding carboxylic acids is 1. The highest BCUT2D eigenvalue weighted by atomic mass is 79.9. The minimum atomic E-state index is -0.498. The highest BCUT2D eigenvalue weighted by Gasteiger charge is 2.24. The molecule has 0 bridgehead atoms. The van der Waals surface area contributed by atoms with Gasteiger partial charge < -0.3 is 14.2 Å². The smallest absolute Gasteiger partial charge is 0.363 e. The summed E-state index contributed by atoms with van der Waals surface area (Å²) in [7, 11) is 1.58. The Hall–Kier alpha value is -3.90. The number of aliphatic imine (C=N–C) groups is 1. The minimum Gasteiger partial charge on any atom is -0.493 e. The third-order valence-corrected chi connectivity index (χ3v) is 5.99. The number of hydrogen-bond donors (Lipinski definition) is 0. The van der Waals surface area contributed by atoms with E-state index in [1.165, 1.54) is 0 Å². The molecular formula is C28H20BrNO4. The Morgan fingerprint density at radius 3 is 2.50 bits per heavy atom. The lowest BCUT2D eigenvalue weighted by Gasteiger charge is -2.13. The van der Waals surface area contributed by atoms with Crippen molar-refractivity contribution >= 4 is 44.6 Å². The van der Waals surface area contributed by atoms with E-state index in [4.69, 9.17) is 14.2 Å². The molecule has 0 atom stereocenters. The summed E-state index contributed by atoms with van der Waals surface area (Å²) in [5.74, 6) is 0.920. The SMILES string of the molecule is COc1cc(/C=C2\N=C(c3ccc4ccccc4c3)OC2=O)cc(Br)c1OCc1ccccc1. The molecule has 5 nitrogen and oxygen atoms in total. The van der Waals surface area contributed by atoms with E-state index in [1.54, 1.807) is 19.3 Å². The normalized spacial score (nSPS) is 14.2. The maximum atomic E-state index is 12.5. The van der Waals surface area contributed by atoms with Gasteiger partial charge in [0.25, 0.3) is 0 Å². The fourth-order valence-electron chi connectivity index (χ4n) is 3.71. The summed E-state index contributed by atoms with van der Waals surface area (Å²) >= 11 is 3.56. The number of halogens is 1. The molecule has 0 radical (unpaired) electrons. The third-order valence-electron chi connectivity index (χ3n) is 5.40. The molecule has 5 rings (SSSR count). The molecule has 0 aromatic heterocycles. The summed E-state index contributed by atoms with van der Waals surface area (Å²) in [5.41, 5.74) is 2.74. The number of rotatable bonds is 6. The van der Waals surface area contributed by atoms with E-state index in [-0.39, 0.29) is 11.6 Å². The van der Waals surface area contributed by atoms with Gasteiger partial charge in [0.2, 0.25) is 5.90 Å². The quantitative estimate of drug-likeness (QED) is 0.217. The van der Waals surface area contributed by atoms with Gasteiger partial charge in [-0.2, -0.15) is 0 Å². The lowest BCUT2D eigenvalue weighted by Crippen LogP contribution is -2.05. The van der Waals surface area contributed by atoms with Gasteiger partial charge in [-0.15, -0.1) is 0 Å². The van der Waals surface area contributed by atoms with Gasteiger partial charge in [0.15, 0.2) is 17.2 Å². The number of fused-ring (bicyclic) bond motifs is 1. The molecule has 1 aliphatic rings. The van der Waals surface area contributed by atoms with Crippen LogP contribution < -0.4 is 9.47 Å². The van der Waals surface area contributed by atoms with Crippen LogP contribution in [0.5, 0.6) is 11.5 Å². The van der Waals surface area contributed by atoms with E-state index >= 15 is 0 Å². The van der Waals surface area contributed by atoms with E-state index in [9.17, 15) is 4.79 Å². The Balaban J connectivity index is 1.42. The first-order valence-corrected chi connectivity index (χ1v) is 11.5. The van der Waals surface area contributed by atoms with Crippen LogP contribution in [0.25, 0.3) is 16.8 Å². The topological polar surface area (TPSA) is 57.1 Å². The molecule has 0 amide bonds. The number of ether oxygens (including phenoxy) is 3. The van der Waals surface area contributed by atoms with Crippen LogP contribution in [0.15, 0.2) is 100 Å². The number of hydrogen-bond acceptors (Lipinski definition) is 5. The largest absolute Gasteiger partial charge is 0.493 e. The first-order chi connectivity index (χ1) is 16.6. The Labute approximate surface area is 205 Å². The van der Waals surface area contributed by atoms with Crippen LogP contribution in [-0.2, 0) is 16.1 Å². The van der Waals surface area contributed by atoms with Crippen LogP contribution in [0.2, 0.25) is 0 Å². The summed E-state index contributed by atoms with van der Waals surface area (Å²) in [4.78, 5) is 17.0. The van der Waals surface area contributed by atoms with Crippen molar-refractivity contribution in [3.8, 4) is 11.5 Å². The van der Waals surface area contributed by atoms with Crippen molar-refractivity contribution < 1.29 is 19.0 Å². The summed E-state index contributed by atoms with van der Waals surface area (Å²) in [6, 6.07) is 27.4. The number of cyclic esters (lactones) is 1. The second-order valence-corrected chi connectivity index (χ2v) is 8.56. The van der Waals surface area contributed by atoms with Crippen LogP contribution >= 0.6 is 15.9 Å². The van der Waals surface area contributed by atoms with E-state index in [1.807, 2.05) is 78.9 Å². The number of carbonyl (C=O) groups is 1. The highest BCUT2D eigenvalue weighted by molar-refractivity contribution is 9.10. The Morgan fingerprint density at radius 1 is 0.941 bits per heavy atom. The lowest BCUT2D eigenvalue weighted by atomic mass is 10.1. The molecule has 4 aromatic rings. The van der Waals surface area contributed by atoms with E-state index in [0.717, 1.165) is 27.5 Å². The maximum Gasteiger partial charge on any atom is 0.363 e. The average Bonchev–Trinajstić information content (AvgIpc) is 3.23. The van der Waals surface area contributed by atoms with Crippen molar-refractivity contribution in [3.63, 3.8) is 0 Å². The molecule has 34 heavy (non-hydrogen) atoms. The molecule has 1 aliphatic heterocycles. The molecular weight excluding hydrogens is 494 g/mol. The van der Waals surface area contributed by atoms with Gasteiger partial charge in [0.1, 0.15) is 6.61 Å². The maximum absolute atomic E-state index is 12.5. The van der Waals surface area contributed by atoms with Gasteiger partial charge >= 0.3 is 5.97 Å². The zero-order valence-electron chi connectivity index (χ0n) is 18.3.